The van der Waals surface area contributed by atoms with Gasteiger partial charge in [-0.25, -0.2) is 8.42 Å². The Morgan fingerprint density at radius 3 is 2.30 bits per heavy atom. The van der Waals surface area contributed by atoms with Crippen LogP contribution in [0.15, 0.2) is 66.7 Å². The summed E-state index contributed by atoms with van der Waals surface area (Å²) in [5, 5.41) is 5.19. The van der Waals surface area contributed by atoms with E-state index in [9.17, 15) is 13.2 Å². The zero-order valence-corrected chi connectivity index (χ0v) is 16.2. The van der Waals surface area contributed by atoms with Crippen molar-refractivity contribution < 1.29 is 13.2 Å². The van der Waals surface area contributed by atoms with Gasteiger partial charge in [0.1, 0.15) is 0 Å². The molecule has 0 aromatic heterocycles. The van der Waals surface area contributed by atoms with Gasteiger partial charge in [-0.05, 0) is 53.6 Å². The van der Waals surface area contributed by atoms with E-state index in [1.54, 1.807) is 31.2 Å². The lowest BCUT2D eigenvalue weighted by atomic mass is 10.1. The minimum atomic E-state index is -3.32. The van der Waals surface area contributed by atoms with Crippen LogP contribution in [0.2, 0.25) is 0 Å². The van der Waals surface area contributed by atoms with Gasteiger partial charge in [0, 0.05) is 19.2 Å². The quantitative estimate of drug-likeness (QED) is 0.709. The third-order valence-electron chi connectivity index (χ3n) is 4.54. The highest BCUT2D eigenvalue weighted by molar-refractivity contribution is 7.92. The van der Waals surface area contributed by atoms with E-state index in [0.717, 1.165) is 16.3 Å². The molecule has 0 unspecified atom stereocenters. The van der Waals surface area contributed by atoms with Gasteiger partial charge in [0.2, 0.25) is 10.0 Å². The summed E-state index contributed by atoms with van der Waals surface area (Å²) in [4.78, 5) is 12.4. The van der Waals surface area contributed by atoms with Gasteiger partial charge in [-0.1, -0.05) is 36.4 Å². The van der Waals surface area contributed by atoms with Crippen LogP contribution in [-0.2, 0) is 16.6 Å². The van der Waals surface area contributed by atoms with Gasteiger partial charge in [-0.15, -0.1) is 0 Å². The lowest BCUT2D eigenvalue weighted by Gasteiger charge is -2.18. The summed E-state index contributed by atoms with van der Waals surface area (Å²) in [6, 6.07) is 20.7. The number of hydrogen-bond acceptors (Lipinski definition) is 3. The number of anilines is 1. The maximum Gasteiger partial charge on any atom is 0.251 e. The summed E-state index contributed by atoms with van der Waals surface area (Å²) in [5.41, 5.74) is 2.04. The summed E-state index contributed by atoms with van der Waals surface area (Å²) in [6.45, 7) is 2.02. The highest BCUT2D eigenvalue weighted by atomic mass is 32.2. The molecule has 0 atom stereocenters. The first-order valence-corrected chi connectivity index (χ1v) is 10.3. The zero-order valence-electron chi connectivity index (χ0n) is 15.3. The topological polar surface area (TPSA) is 66.5 Å². The zero-order chi connectivity index (χ0) is 19.4. The summed E-state index contributed by atoms with van der Waals surface area (Å²) in [6.07, 6.45) is 0. The molecule has 3 aromatic rings. The number of rotatable bonds is 6. The van der Waals surface area contributed by atoms with Gasteiger partial charge in [0.15, 0.2) is 0 Å². The maximum absolute atomic E-state index is 12.4. The number of carbonyl (C=O) groups excluding carboxylic acids is 1. The van der Waals surface area contributed by atoms with Crippen LogP contribution in [-0.4, -0.2) is 27.1 Å². The van der Waals surface area contributed by atoms with Crippen LogP contribution in [0.5, 0.6) is 0 Å². The maximum atomic E-state index is 12.4. The number of hydrogen-bond donors (Lipinski definition) is 1. The summed E-state index contributed by atoms with van der Waals surface area (Å²) in [5.74, 6) is -0.173. The van der Waals surface area contributed by atoms with Crippen LogP contribution < -0.4 is 9.62 Å². The van der Waals surface area contributed by atoms with Crippen molar-refractivity contribution in [2.45, 2.75) is 13.5 Å². The van der Waals surface area contributed by atoms with E-state index < -0.39 is 10.0 Å². The van der Waals surface area contributed by atoms with Gasteiger partial charge in [0.25, 0.3) is 5.91 Å². The Morgan fingerprint density at radius 2 is 1.63 bits per heavy atom. The first-order chi connectivity index (χ1) is 12.9. The first-order valence-electron chi connectivity index (χ1n) is 8.73. The number of nitrogens with zero attached hydrogens (tertiary/aromatic N) is 1. The molecule has 0 radical (unpaired) electrons. The first kappa shape index (κ1) is 18.9. The van der Waals surface area contributed by atoms with Gasteiger partial charge in [-0.3, -0.25) is 9.10 Å². The molecule has 0 fully saturated rings. The number of benzene rings is 3. The van der Waals surface area contributed by atoms with E-state index in [1.165, 1.54) is 11.4 Å². The van der Waals surface area contributed by atoms with Gasteiger partial charge in [-0.2, -0.15) is 0 Å². The third kappa shape index (κ3) is 4.28. The molecule has 3 aromatic carbocycles. The van der Waals surface area contributed by atoms with Crippen LogP contribution in [0, 0.1) is 0 Å². The van der Waals surface area contributed by atoms with Crippen molar-refractivity contribution in [1.29, 1.82) is 0 Å². The average molecular weight is 382 g/mol. The highest BCUT2D eigenvalue weighted by Gasteiger charge is 2.16. The molecule has 3 rings (SSSR count). The van der Waals surface area contributed by atoms with Crippen molar-refractivity contribution in [2.75, 3.05) is 17.1 Å². The molecular formula is C21H22N2O3S. The Kier molecular flexibility index (Phi) is 5.46. The summed E-state index contributed by atoms with van der Waals surface area (Å²) in [7, 11) is -1.81. The predicted molar refractivity (Wildman–Crippen MR) is 109 cm³/mol. The molecule has 0 spiro atoms. The van der Waals surface area contributed by atoms with Gasteiger partial charge in [0.05, 0.1) is 11.4 Å². The van der Waals surface area contributed by atoms with Crippen molar-refractivity contribution in [3.05, 3.63) is 77.9 Å². The second kappa shape index (κ2) is 7.80. The molecule has 0 saturated heterocycles. The average Bonchev–Trinajstić information content (AvgIpc) is 2.71. The molecule has 0 saturated carbocycles. The Balaban J connectivity index is 1.67. The van der Waals surface area contributed by atoms with Gasteiger partial charge < -0.3 is 5.32 Å². The van der Waals surface area contributed by atoms with Crippen LogP contribution in [0.3, 0.4) is 0 Å². The minimum absolute atomic E-state index is 0.0253. The number of carbonyl (C=O) groups is 1. The Hall–Kier alpha value is -2.86. The fourth-order valence-electron chi connectivity index (χ4n) is 2.81. The van der Waals surface area contributed by atoms with Crippen molar-refractivity contribution in [2.24, 2.45) is 0 Å². The van der Waals surface area contributed by atoms with E-state index in [2.05, 4.69) is 17.4 Å². The van der Waals surface area contributed by atoms with Crippen molar-refractivity contribution >= 4 is 32.4 Å². The van der Waals surface area contributed by atoms with E-state index in [-0.39, 0.29) is 11.7 Å². The molecule has 1 amide bonds. The smallest absolute Gasteiger partial charge is 0.251 e. The fourth-order valence-corrected chi connectivity index (χ4v) is 3.64. The summed E-state index contributed by atoms with van der Waals surface area (Å²) < 4.78 is 25.1. The largest absolute Gasteiger partial charge is 0.348 e. The molecule has 0 aliphatic carbocycles. The van der Waals surface area contributed by atoms with Crippen molar-refractivity contribution in [1.82, 2.24) is 5.32 Å². The summed E-state index contributed by atoms with van der Waals surface area (Å²) >= 11 is 0. The van der Waals surface area contributed by atoms with E-state index >= 15 is 0 Å². The molecule has 27 heavy (non-hydrogen) atoms. The standard InChI is InChI=1S/C21H22N2O3S/c1-3-27(25,26)23(2)20-12-10-18(11-13-20)21(24)22-15-16-8-9-17-6-4-5-7-19(17)14-16/h4-14H,3,15H2,1-2H3,(H,22,24). The lowest BCUT2D eigenvalue weighted by Crippen LogP contribution is -2.28. The fraction of sp³-hybridized carbons (Fsp3) is 0.190. The number of amides is 1. The molecule has 0 aliphatic rings. The molecule has 1 N–H and O–H groups in total. The molecule has 0 heterocycles. The molecule has 0 bridgehead atoms. The van der Waals surface area contributed by atoms with E-state index in [0.29, 0.717) is 17.8 Å². The second-order valence-corrected chi connectivity index (χ2v) is 8.57. The van der Waals surface area contributed by atoms with Crippen molar-refractivity contribution in [3.63, 3.8) is 0 Å². The molecule has 140 valence electrons. The predicted octanol–water partition coefficient (Wildman–Crippen LogP) is 3.56. The molecular weight excluding hydrogens is 360 g/mol. The Bertz CT molecular complexity index is 1060. The monoisotopic (exact) mass is 382 g/mol. The van der Waals surface area contributed by atoms with Crippen LogP contribution in [0.25, 0.3) is 10.8 Å². The molecule has 6 heteroatoms. The second-order valence-electron chi connectivity index (χ2n) is 6.28. The van der Waals surface area contributed by atoms with Gasteiger partial charge >= 0.3 is 0 Å². The molecule has 0 aliphatic heterocycles. The third-order valence-corrected chi connectivity index (χ3v) is 6.32. The number of fused-ring (bicyclic) bond motifs is 1. The number of sulfonamides is 1. The molecule has 5 nitrogen and oxygen atoms in total. The Morgan fingerprint density at radius 1 is 0.963 bits per heavy atom. The Labute approximate surface area is 159 Å². The van der Waals surface area contributed by atoms with Crippen LogP contribution in [0.1, 0.15) is 22.8 Å². The van der Waals surface area contributed by atoms with E-state index in [4.69, 9.17) is 0 Å². The number of nitrogens with one attached hydrogen (secondary N) is 1. The van der Waals surface area contributed by atoms with E-state index in [1.807, 2.05) is 30.3 Å². The van der Waals surface area contributed by atoms with Crippen molar-refractivity contribution in [3.8, 4) is 0 Å². The SMILES string of the molecule is CCS(=O)(=O)N(C)c1ccc(C(=O)NCc2ccc3ccccc3c2)cc1. The van der Waals surface area contributed by atoms with Crippen LogP contribution >= 0.6 is 0 Å². The normalized spacial score (nSPS) is 11.3. The lowest BCUT2D eigenvalue weighted by molar-refractivity contribution is 0.0951. The minimum Gasteiger partial charge on any atom is -0.348 e. The highest BCUT2D eigenvalue weighted by Crippen LogP contribution is 2.18. The van der Waals surface area contributed by atoms with Crippen LogP contribution in [0.4, 0.5) is 5.69 Å².